The molecule has 620 valence electrons. The number of hydrogen-bond donors (Lipinski definition) is 2. The van der Waals surface area contributed by atoms with E-state index < -0.39 is 17.2 Å². The van der Waals surface area contributed by atoms with Crippen LogP contribution in [0.5, 0.6) is 34.5 Å². The molecular weight excluding hydrogens is 1510 g/mol. The van der Waals surface area contributed by atoms with Gasteiger partial charge in [-0.3, -0.25) is 9.78 Å². The summed E-state index contributed by atoms with van der Waals surface area (Å²) in [6.45, 7) is 11.7. The maximum absolute atomic E-state index is 13.3. The Morgan fingerprint density at radius 1 is 0.639 bits per heavy atom. The van der Waals surface area contributed by atoms with Crippen molar-refractivity contribution in [2.24, 2.45) is 15.3 Å². The number of aliphatic imine (C=N–C) groups is 1. The van der Waals surface area contributed by atoms with Crippen LogP contribution < -0.4 is 33.3 Å². The highest BCUT2D eigenvalue weighted by Gasteiger charge is 2.46. The van der Waals surface area contributed by atoms with Gasteiger partial charge >= 0.3 is 11.9 Å². The number of oxime groups is 2. The molecular formula is C97H106FN7O14. The summed E-state index contributed by atoms with van der Waals surface area (Å²) in [4.78, 5) is 56.8. The number of hydrogen-bond acceptors (Lipinski definition) is 18. The van der Waals surface area contributed by atoms with Crippen LogP contribution in [-0.2, 0) is 49.0 Å². The minimum atomic E-state index is -1.29. The van der Waals surface area contributed by atoms with E-state index in [1.165, 1.54) is 48.9 Å². The lowest BCUT2D eigenvalue weighted by Crippen LogP contribution is -2.38. The van der Waals surface area contributed by atoms with Crippen LogP contribution in [0, 0.1) is 5.82 Å². The Balaban J connectivity index is 0.000000138. The Hall–Kier alpha value is -12.2. The van der Waals surface area contributed by atoms with E-state index in [4.69, 9.17) is 42.8 Å². The number of pyridine rings is 1. The molecule has 6 heterocycles. The van der Waals surface area contributed by atoms with Crippen molar-refractivity contribution in [2.45, 2.75) is 191 Å². The predicted octanol–water partition coefficient (Wildman–Crippen LogP) is 19.4. The van der Waals surface area contributed by atoms with Crippen molar-refractivity contribution in [2.75, 3.05) is 39.4 Å². The number of halogens is 1. The van der Waals surface area contributed by atoms with E-state index in [0.717, 1.165) is 119 Å². The maximum Gasteiger partial charge on any atom is 0.351 e. The normalized spacial score (nSPS) is 17.3. The van der Waals surface area contributed by atoms with E-state index in [1.54, 1.807) is 62.4 Å². The van der Waals surface area contributed by atoms with Crippen LogP contribution >= 0.6 is 0 Å². The fraction of sp³-hybridized carbons (Fsp3) is 0.361. The van der Waals surface area contributed by atoms with Crippen molar-refractivity contribution in [1.29, 1.82) is 0 Å². The number of unbranched alkanes of at least 4 members (excludes halogenated alkanes) is 2. The number of methoxy groups -OCH3 is 3. The Morgan fingerprint density at radius 2 is 1.24 bits per heavy atom. The summed E-state index contributed by atoms with van der Waals surface area (Å²) in [7, 11) is 4.92. The van der Waals surface area contributed by atoms with Crippen LogP contribution in [-0.4, -0.2) is 118 Å². The highest BCUT2D eigenvalue weighted by atomic mass is 19.1. The third-order valence-electron chi connectivity index (χ3n) is 22.4. The number of anilines is 1. The minimum absolute atomic E-state index is 0.0614. The molecule has 0 saturated heterocycles. The number of aryl methyl sites for hydroxylation is 1. The number of carbonyl (C=O) groups is 3. The number of amides is 1. The van der Waals surface area contributed by atoms with Gasteiger partial charge in [-0.2, -0.15) is 5.10 Å². The van der Waals surface area contributed by atoms with E-state index in [2.05, 4.69) is 102 Å². The van der Waals surface area contributed by atoms with Crippen molar-refractivity contribution in [3.8, 4) is 40.2 Å². The van der Waals surface area contributed by atoms with Crippen LogP contribution in [0.25, 0.3) is 5.69 Å². The summed E-state index contributed by atoms with van der Waals surface area (Å²) in [5.74, 6) is 3.37. The van der Waals surface area contributed by atoms with Gasteiger partial charge in [0.2, 0.25) is 11.5 Å². The lowest BCUT2D eigenvalue weighted by Gasteiger charge is -2.31. The van der Waals surface area contributed by atoms with Crippen LogP contribution in [0.15, 0.2) is 234 Å². The molecule has 0 spiro atoms. The number of carboxylic acids is 1. The summed E-state index contributed by atoms with van der Waals surface area (Å²) < 4.78 is 55.9. The molecule has 6 aliphatic rings. The number of rotatable bonds is 29. The second-order valence-corrected chi connectivity index (χ2v) is 31.7. The number of benzene rings is 8. The highest BCUT2D eigenvalue weighted by molar-refractivity contribution is 6.09. The van der Waals surface area contributed by atoms with Crippen molar-refractivity contribution in [3.05, 3.63) is 286 Å². The van der Waals surface area contributed by atoms with Crippen molar-refractivity contribution < 1.29 is 71.8 Å². The third kappa shape index (κ3) is 21.0. The van der Waals surface area contributed by atoms with Crippen LogP contribution in [0.4, 0.5) is 10.1 Å². The van der Waals surface area contributed by atoms with E-state index in [1.807, 2.05) is 133 Å². The molecule has 2 aromatic heterocycles. The molecule has 2 N–H and O–H groups in total. The summed E-state index contributed by atoms with van der Waals surface area (Å²) >= 11 is 0. The number of carbonyl (C=O) groups excluding carboxylic acids is 2. The lowest BCUT2D eigenvalue weighted by molar-refractivity contribution is -0.162. The van der Waals surface area contributed by atoms with Gasteiger partial charge in [0, 0.05) is 60.0 Å². The molecule has 2 fully saturated rings. The van der Waals surface area contributed by atoms with Crippen LogP contribution in [0.1, 0.15) is 209 Å². The number of ether oxygens (including phenoxy) is 7. The number of carboxylic acid groups (broad SMARTS) is 1. The fourth-order valence-corrected chi connectivity index (χ4v) is 15.7. The Labute approximate surface area is 695 Å². The van der Waals surface area contributed by atoms with E-state index in [0.29, 0.717) is 85.0 Å². The van der Waals surface area contributed by atoms with Gasteiger partial charge in [-0.25, -0.2) is 23.7 Å². The van der Waals surface area contributed by atoms with E-state index >= 15 is 0 Å². The number of fused-ring (bicyclic) bond motifs is 1. The third-order valence-corrected chi connectivity index (χ3v) is 22.4. The first kappa shape index (κ1) is 84.7. The molecule has 1 amide bonds. The monoisotopic (exact) mass is 1610 g/mol. The van der Waals surface area contributed by atoms with Gasteiger partial charge in [-0.1, -0.05) is 134 Å². The smallest absolute Gasteiger partial charge is 0.351 e. The fourth-order valence-electron chi connectivity index (χ4n) is 15.7. The molecule has 10 aromatic rings. The van der Waals surface area contributed by atoms with Crippen LogP contribution in [0.2, 0.25) is 0 Å². The van der Waals surface area contributed by atoms with Crippen LogP contribution in [0.3, 0.4) is 0 Å². The second-order valence-electron chi connectivity index (χ2n) is 31.7. The molecule has 8 aromatic carbocycles. The minimum Gasteiger partial charge on any atom is -0.493 e. The molecule has 0 bridgehead atoms. The summed E-state index contributed by atoms with van der Waals surface area (Å²) in [5, 5.41) is 34.5. The number of aromatic nitrogens is 3. The molecule has 3 atom stereocenters. The molecule has 22 heteroatoms. The SMILES string of the molecule is CC(C)c1nn(-c2ccc(F)cc2)c2c1CN(c1ccccc1)C2=O.CCC1(C(=O)O)CC(c2ccc(OC)c(OCCCCCc3ccccc3)c2)=NO1.COc1ccc(C(CC2=NOC(=O)C2)c2ccccc2)cc1OC1CCCC1.COc1ccc(C(O)(Cc2ccncc2)c2ccc(C3=NC(C)(C)CO3)cc2)cc1OC1CCCC1. The number of para-hydroxylation sites is 1. The zero-order valence-corrected chi connectivity index (χ0v) is 69.0. The molecule has 16 rings (SSSR count). The Morgan fingerprint density at radius 3 is 1.84 bits per heavy atom. The number of nitrogens with zero attached hydrogens (tertiary/aromatic N) is 7. The van der Waals surface area contributed by atoms with Gasteiger partial charge < -0.3 is 57.9 Å². The molecule has 0 radical (unpaired) electrons. The predicted molar refractivity (Wildman–Crippen MR) is 457 cm³/mol. The maximum atomic E-state index is 13.3. The van der Waals surface area contributed by atoms with Gasteiger partial charge in [0.15, 0.2) is 34.5 Å². The van der Waals surface area contributed by atoms with Gasteiger partial charge in [-0.05, 0) is 240 Å². The first-order valence-electron chi connectivity index (χ1n) is 41.3. The Bertz CT molecular complexity index is 5170. The average molecular weight is 1610 g/mol. The zero-order valence-electron chi connectivity index (χ0n) is 69.0. The zero-order chi connectivity index (χ0) is 83.5. The standard InChI is InChI=1S/C30H34N2O4.C24H29NO5.C23H25NO4.C20H18FN3O/c1-29(2)20-35-28(32-29)22-8-10-23(11-9-22)30(33,19-21-14-16-31-17-15-21)24-12-13-26(34-3)27(18-24)36-25-6-4-5-7-25;1-3-24(23(26)27)17-20(25-30-24)19-13-14-21(28-2)22(16-19)29-15-9-5-8-12-18-10-6-4-7-11-18;1-26-21-12-11-17(13-22(21)27-19-9-5-6-10-19)20(16-7-3-2-4-8-16)14-18-15-23(25)28-24-18;1-13(2)18-17-12-23(15-6-4-3-5-7-15)20(25)19(17)24(22-18)16-10-8-14(21)9-11-16/h8-18,25,33H,4-7,19-20H2,1-3H3;4,6-7,10-11,13-14,16H,3,5,8-9,12,15,17H2,1-2H3,(H,26,27);2-4,7-8,11-13,19-20H,5-6,9-10,14-15H2,1H3;3-11,13H,12H2,1-2H3. The summed E-state index contributed by atoms with van der Waals surface area (Å²) in [6.07, 6.45) is 19.0. The van der Waals surface area contributed by atoms with Crippen molar-refractivity contribution >= 4 is 40.9 Å². The Kier molecular flexibility index (Phi) is 28.0. The largest absolute Gasteiger partial charge is 0.493 e. The molecule has 21 nitrogen and oxygen atoms in total. The average Bonchev–Trinajstić information content (AvgIpc) is 1.48. The molecule has 2 aliphatic carbocycles. The molecule has 119 heavy (non-hydrogen) atoms. The van der Waals surface area contributed by atoms with Crippen molar-refractivity contribution in [3.63, 3.8) is 0 Å². The topological polar surface area (TPSA) is 246 Å². The van der Waals surface area contributed by atoms with E-state index in [-0.39, 0.29) is 60.1 Å². The molecule has 4 aliphatic heterocycles. The lowest BCUT2D eigenvalue weighted by atomic mass is 9.81. The van der Waals surface area contributed by atoms with E-state index in [9.17, 15) is 29.0 Å². The second kappa shape index (κ2) is 39.4. The van der Waals surface area contributed by atoms with Gasteiger partial charge in [0.1, 0.15) is 23.7 Å². The summed E-state index contributed by atoms with van der Waals surface area (Å²) in [6, 6.07) is 65.5. The van der Waals surface area contributed by atoms with Crippen molar-refractivity contribution in [1.82, 2.24) is 14.8 Å². The molecule has 2 saturated carbocycles. The highest BCUT2D eigenvalue weighted by Crippen LogP contribution is 2.43. The number of aliphatic carboxylic acids is 1. The molecule has 3 unspecified atom stereocenters. The first-order chi connectivity index (χ1) is 57.7. The summed E-state index contributed by atoms with van der Waals surface area (Å²) in [5.41, 5.74) is 10.4. The van der Waals surface area contributed by atoms with Gasteiger partial charge in [0.25, 0.3) is 5.91 Å². The quantitative estimate of drug-likeness (QED) is 0.0327. The first-order valence-corrected chi connectivity index (χ1v) is 41.3. The van der Waals surface area contributed by atoms with Gasteiger partial charge in [-0.15, -0.1) is 0 Å². The number of aliphatic hydroxyl groups is 1. The van der Waals surface area contributed by atoms with Gasteiger partial charge in [0.05, 0.1) is 81.5 Å².